The molecule has 148 valence electrons. The minimum Gasteiger partial charge on any atom is -0.271 e. The van der Waals surface area contributed by atoms with Crippen molar-refractivity contribution in [1.29, 1.82) is 0 Å². The smallest absolute Gasteiger partial charge is 0.271 e. The summed E-state index contributed by atoms with van der Waals surface area (Å²) in [6, 6.07) is 8.78. The van der Waals surface area contributed by atoms with Crippen LogP contribution in [-0.2, 0) is 16.6 Å². The predicted molar refractivity (Wildman–Crippen MR) is 109 cm³/mol. The third kappa shape index (κ3) is 3.67. The summed E-state index contributed by atoms with van der Waals surface area (Å²) >= 11 is 7.55. The molecule has 1 saturated carbocycles. The lowest BCUT2D eigenvalue weighted by Gasteiger charge is -2.10. The quantitative estimate of drug-likeness (QED) is 0.614. The molecule has 0 saturated heterocycles. The largest absolute Gasteiger partial charge is 0.346 e. The Morgan fingerprint density at radius 1 is 1.29 bits per heavy atom. The highest BCUT2D eigenvalue weighted by Gasteiger charge is 2.30. The number of nitrogens with zero attached hydrogens (tertiary/aromatic N) is 3. The van der Waals surface area contributed by atoms with E-state index in [1.165, 1.54) is 22.1 Å². The number of rotatable bonds is 7. The number of aromatic nitrogens is 3. The van der Waals surface area contributed by atoms with Gasteiger partial charge in [-0.1, -0.05) is 23.7 Å². The fourth-order valence-electron chi connectivity index (χ4n) is 3.04. The van der Waals surface area contributed by atoms with Crippen molar-refractivity contribution in [3.63, 3.8) is 0 Å². The molecule has 1 fully saturated rings. The van der Waals surface area contributed by atoms with Crippen molar-refractivity contribution in [3.05, 3.63) is 56.8 Å². The highest BCUT2D eigenvalue weighted by atomic mass is 35.5. The van der Waals surface area contributed by atoms with Gasteiger partial charge in [-0.25, -0.2) is 22.6 Å². The molecule has 0 unspecified atom stereocenters. The molecule has 28 heavy (non-hydrogen) atoms. The first-order valence-corrected chi connectivity index (χ1v) is 11.6. The first-order chi connectivity index (χ1) is 13.4. The molecule has 2 heterocycles. The second kappa shape index (κ2) is 7.47. The van der Waals surface area contributed by atoms with Crippen LogP contribution in [0.4, 0.5) is 0 Å². The van der Waals surface area contributed by atoms with E-state index in [0.29, 0.717) is 16.4 Å². The second-order valence-corrected chi connectivity index (χ2v) is 9.76. The van der Waals surface area contributed by atoms with E-state index >= 15 is 0 Å². The standard InChI is InChI=1S/C18H19ClN4O3S2/c1-12-14(19)4-2-6-16(12)28(25,26)20-9-10-22-18(24)23(13-7-8-13)17(21-22)15-5-3-11-27-15/h2-6,11,13,20H,7-10H2,1H3. The molecule has 0 amide bonds. The maximum absolute atomic E-state index is 12.8. The molecule has 2 aromatic heterocycles. The van der Waals surface area contributed by atoms with Crippen LogP contribution >= 0.6 is 22.9 Å². The van der Waals surface area contributed by atoms with Gasteiger partial charge in [0.15, 0.2) is 5.82 Å². The number of hydrogen-bond acceptors (Lipinski definition) is 5. The lowest BCUT2D eigenvalue weighted by Crippen LogP contribution is -2.32. The monoisotopic (exact) mass is 438 g/mol. The fourth-order valence-corrected chi connectivity index (χ4v) is 5.27. The van der Waals surface area contributed by atoms with Gasteiger partial charge in [-0.15, -0.1) is 16.4 Å². The van der Waals surface area contributed by atoms with E-state index < -0.39 is 10.0 Å². The Morgan fingerprint density at radius 2 is 2.07 bits per heavy atom. The number of sulfonamides is 1. The molecule has 0 spiro atoms. The van der Waals surface area contributed by atoms with E-state index in [9.17, 15) is 13.2 Å². The van der Waals surface area contributed by atoms with Crippen molar-refractivity contribution in [2.45, 2.75) is 37.2 Å². The average molecular weight is 439 g/mol. The summed E-state index contributed by atoms with van der Waals surface area (Å²) in [6.07, 6.45) is 1.93. The summed E-state index contributed by atoms with van der Waals surface area (Å²) in [6.45, 7) is 1.86. The van der Waals surface area contributed by atoms with Crippen LogP contribution in [0.5, 0.6) is 0 Å². The van der Waals surface area contributed by atoms with Crippen molar-refractivity contribution >= 4 is 33.0 Å². The topological polar surface area (TPSA) is 86.0 Å². The zero-order chi connectivity index (χ0) is 19.9. The van der Waals surface area contributed by atoms with Gasteiger partial charge < -0.3 is 0 Å². The van der Waals surface area contributed by atoms with Crippen LogP contribution in [0.2, 0.25) is 5.02 Å². The first-order valence-electron chi connectivity index (χ1n) is 8.86. The summed E-state index contributed by atoms with van der Waals surface area (Å²) in [5.41, 5.74) is 0.288. The molecule has 1 aliphatic carbocycles. The van der Waals surface area contributed by atoms with Crippen LogP contribution in [0, 0.1) is 6.92 Å². The van der Waals surface area contributed by atoms with Crippen molar-refractivity contribution in [1.82, 2.24) is 19.1 Å². The second-order valence-electron chi connectivity index (χ2n) is 6.67. The Balaban J connectivity index is 1.54. The van der Waals surface area contributed by atoms with Gasteiger partial charge in [0.2, 0.25) is 10.0 Å². The fraction of sp³-hybridized carbons (Fsp3) is 0.333. The van der Waals surface area contributed by atoms with E-state index in [2.05, 4.69) is 9.82 Å². The van der Waals surface area contributed by atoms with E-state index in [4.69, 9.17) is 11.6 Å². The maximum atomic E-state index is 12.8. The zero-order valence-electron chi connectivity index (χ0n) is 15.1. The zero-order valence-corrected chi connectivity index (χ0v) is 17.5. The lowest BCUT2D eigenvalue weighted by molar-refractivity contribution is 0.546. The van der Waals surface area contributed by atoms with Crippen LogP contribution in [0.25, 0.3) is 10.7 Å². The molecular weight excluding hydrogens is 420 g/mol. The Kier molecular flexibility index (Phi) is 5.17. The minimum absolute atomic E-state index is 0.0553. The van der Waals surface area contributed by atoms with Crippen LogP contribution in [-0.4, -0.2) is 29.3 Å². The van der Waals surface area contributed by atoms with Gasteiger partial charge in [-0.2, -0.15) is 0 Å². The molecule has 7 nitrogen and oxygen atoms in total. The Morgan fingerprint density at radius 3 is 2.75 bits per heavy atom. The van der Waals surface area contributed by atoms with Gasteiger partial charge in [0.25, 0.3) is 0 Å². The van der Waals surface area contributed by atoms with Gasteiger partial charge in [0, 0.05) is 17.6 Å². The van der Waals surface area contributed by atoms with Gasteiger partial charge in [0.1, 0.15) is 0 Å². The SMILES string of the molecule is Cc1c(Cl)cccc1S(=O)(=O)NCCn1nc(-c2cccs2)n(C2CC2)c1=O. The summed E-state index contributed by atoms with van der Waals surface area (Å²) in [5, 5.41) is 6.79. The van der Waals surface area contributed by atoms with Crippen molar-refractivity contribution in [2.24, 2.45) is 0 Å². The van der Waals surface area contributed by atoms with Gasteiger partial charge in [-0.05, 0) is 48.9 Å². The summed E-state index contributed by atoms with van der Waals surface area (Å²) in [7, 11) is -3.73. The van der Waals surface area contributed by atoms with Gasteiger partial charge in [0.05, 0.1) is 16.3 Å². The first kappa shape index (κ1) is 19.4. The number of thiophene rings is 1. The molecular formula is C18H19ClN4O3S2. The van der Waals surface area contributed by atoms with Gasteiger partial charge >= 0.3 is 5.69 Å². The third-order valence-corrected chi connectivity index (χ3v) is 7.53. The van der Waals surface area contributed by atoms with Crippen LogP contribution in [0.15, 0.2) is 45.4 Å². The molecule has 0 radical (unpaired) electrons. The predicted octanol–water partition coefficient (Wildman–Crippen LogP) is 3.05. The summed E-state index contributed by atoms with van der Waals surface area (Å²) in [4.78, 5) is 13.8. The third-order valence-electron chi connectivity index (χ3n) is 4.65. The highest BCUT2D eigenvalue weighted by Crippen LogP contribution is 2.37. The van der Waals surface area contributed by atoms with Crippen LogP contribution < -0.4 is 10.4 Å². The molecule has 1 aliphatic rings. The van der Waals surface area contributed by atoms with E-state index in [-0.39, 0.29) is 29.7 Å². The van der Waals surface area contributed by atoms with E-state index in [0.717, 1.165) is 17.7 Å². The lowest BCUT2D eigenvalue weighted by atomic mass is 10.2. The molecule has 0 atom stereocenters. The molecule has 1 N–H and O–H groups in total. The number of hydrogen-bond donors (Lipinski definition) is 1. The summed E-state index contributed by atoms with van der Waals surface area (Å²) < 4.78 is 30.7. The van der Waals surface area contributed by atoms with Gasteiger partial charge in [-0.3, -0.25) is 4.57 Å². The maximum Gasteiger partial charge on any atom is 0.346 e. The van der Waals surface area contributed by atoms with E-state index in [1.807, 2.05) is 17.5 Å². The average Bonchev–Trinajstić information content (AvgIpc) is 3.22. The number of nitrogens with one attached hydrogen (secondary N) is 1. The van der Waals surface area contributed by atoms with Crippen molar-refractivity contribution in [3.8, 4) is 10.7 Å². The molecule has 0 aliphatic heterocycles. The Bertz CT molecular complexity index is 1160. The normalized spacial score (nSPS) is 14.5. The van der Waals surface area contributed by atoms with E-state index in [1.54, 1.807) is 23.6 Å². The Labute approximate surface area is 171 Å². The number of benzene rings is 1. The minimum atomic E-state index is -3.73. The van der Waals surface area contributed by atoms with Crippen molar-refractivity contribution in [2.75, 3.05) is 6.54 Å². The highest BCUT2D eigenvalue weighted by molar-refractivity contribution is 7.89. The molecule has 4 rings (SSSR count). The number of halogens is 1. The molecule has 10 heteroatoms. The van der Waals surface area contributed by atoms with Crippen molar-refractivity contribution < 1.29 is 8.42 Å². The molecule has 1 aromatic carbocycles. The summed E-state index contributed by atoms with van der Waals surface area (Å²) in [5.74, 6) is 0.649. The Hall–Kier alpha value is -1.94. The van der Waals surface area contributed by atoms with Crippen LogP contribution in [0.3, 0.4) is 0 Å². The molecule has 3 aromatic rings. The van der Waals surface area contributed by atoms with Crippen LogP contribution in [0.1, 0.15) is 24.4 Å². The molecule has 0 bridgehead atoms.